The van der Waals surface area contributed by atoms with Gasteiger partial charge in [-0.25, -0.2) is 8.78 Å². The van der Waals surface area contributed by atoms with E-state index >= 15 is 0 Å². The zero-order valence-electron chi connectivity index (χ0n) is 9.23. The first-order chi connectivity index (χ1) is 8.52. The minimum Gasteiger partial charge on any atom is -0.396 e. The van der Waals surface area contributed by atoms with E-state index in [1.165, 1.54) is 17.1 Å². The van der Waals surface area contributed by atoms with Crippen molar-refractivity contribution in [3.63, 3.8) is 0 Å². The molecule has 3 N–H and O–H groups in total. The summed E-state index contributed by atoms with van der Waals surface area (Å²) < 4.78 is 27.1. The minimum absolute atomic E-state index is 0.0534. The number of hydrogen-bond acceptors (Lipinski definition) is 3. The van der Waals surface area contributed by atoms with E-state index in [9.17, 15) is 13.6 Å². The summed E-state index contributed by atoms with van der Waals surface area (Å²) in [5, 5.41) is 6.18. The monoisotopic (exact) mass is 252 g/mol. The van der Waals surface area contributed by atoms with Gasteiger partial charge in [0.25, 0.3) is 0 Å². The molecule has 94 valence electrons. The molecule has 1 aromatic carbocycles. The number of nitrogens with one attached hydrogen (secondary N) is 1. The molecule has 0 aliphatic heterocycles. The number of amides is 1. The van der Waals surface area contributed by atoms with Crippen molar-refractivity contribution in [2.24, 2.45) is 0 Å². The van der Waals surface area contributed by atoms with E-state index in [1.807, 2.05) is 0 Å². The Labute approximate surface area is 101 Å². The van der Waals surface area contributed by atoms with Crippen LogP contribution < -0.4 is 11.1 Å². The molecule has 18 heavy (non-hydrogen) atoms. The van der Waals surface area contributed by atoms with Gasteiger partial charge in [0.05, 0.1) is 11.9 Å². The normalized spacial score (nSPS) is 10.3. The molecule has 1 aromatic heterocycles. The average Bonchev–Trinajstić information content (AvgIpc) is 2.61. The van der Waals surface area contributed by atoms with Crippen molar-refractivity contribution in [1.82, 2.24) is 9.78 Å². The molecule has 2 aromatic rings. The van der Waals surface area contributed by atoms with Crippen molar-refractivity contribution in [1.29, 1.82) is 0 Å². The van der Waals surface area contributed by atoms with E-state index in [2.05, 4.69) is 10.4 Å². The maximum absolute atomic E-state index is 12.9. The second kappa shape index (κ2) is 4.82. The molecule has 2 rings (SSSR count). The number of nitrogens with zero attached hydrogens (tertiary/aromatic N) is 2. The van der Waals surface area contributed by atoms with Crippen molar-refractivity contribution in [2.75, 3.05) is 11.1 Å². The fourth-order valence-corrected chi connectivity index (χ4v) is 1.44. The molecule has 0 saturated heterocycles. The van der Waals surface area contributed by atoms with Gasteiger partial charge in [0.1, 0.15) is 18.2 Å². The van der Waals surface area contributed by atoms with Crippen molar-refractivity contribution >= 4 is 17.3 Å². The molecular weight excluding hydrogens is 242 g/mol. The Morgan fingerprint density at radius 2 is 2.00 bits per heavy atom. The highest BCUT2D eigenvalue weighted by Gasteiger charge is 2.06. The average molecular weight is 252 g/mol. The fourth-order valence-electron chi connectivity index (χ4n) is 1.44. The lowest BCUT2D eigenvalue weighted by Crippen LogP contribution is -2.19. The van der Waals surface area contributed by atoms with Crippen LogP contribution in [0.15, 0.2) is 30.6 Å². The zero-order valence-corrected chi connectivity index (χ0v) is 9.23. The third-order valence-electron chi connectivity index (χ3n) is 2.11. The second-order valence-corrected chi connectivity index (χ2v) is 3.68. The van der Waals surface area contributed by atoms with Crippen LogP contribution in [0.25, 0.3) is 0 Å². The fraction of sp³-hybridized carbons (Fsp3) is 0.0909. The second-order valence-electron chi connectivity index (χ2n) is 3.68. The number of rotatable bonds is 3. The quantitative estimate of drug-likeness (QED) is 0.866. The van der Waals surface area contributed by atoms with E-state index in [4.69, 9.17) is 5.73 Å². The number of aromatic nitrogens is 2. The summed E-state index contributed by atoms with van der Waals surface area (Å²) in [5.41, 5.74) is 5.92. The number of benzene rings is 1. The Kier molecular flexibility index (Phi) is 3.22. The molecule has 5 nitrogen and oxygen atoms in total. The molecule has 0 spiro atoms. The van der Waals surface area contributed by atoms with Gasteiger partial charge in [0.2, 0.25) is 5.91 Å². The van der Waals surface area contributed by atoms with Crippen LogP contribution in [0.5, 0.6) is 0 Å². The van der Waals surface area contributed by atoms with Gasteiger partial charge in [-0.2, -0.15) is 5.10 Å². The van der Waals surface area contributed by atoms with Gasteiger partial charge < -0.3 is 11.1 Å². The first kappa shape index (κ1) is 12.0. The van der Waals surface area contributed by atoms with E-state index in [0.29, 0.717) is 5.69 Å². The maximum Gasteiger partial charge on any atom is 0.246 e. The third-order valence-corrected chi connectivity index (χ3v) is 2.11. The Bertz CT molecular complexity index is 562. The molecule has 0 aliphatic rings. The smallest absolute Gasteiger partial charge is 0.246 e. The van der Waals surface area contributed by atoms with E-state index in [0.717, 1.165) is 18.2 Å². The van der Waals surface area contributed by atoms with E-state index < -0.39 is 17.5 Å². The summed E-state index contributed by atoms with van der Waals surface area (Å²) in [4.78, 5) is 11.6. The predicted molar refractivity (Wildman–Crippen MR) is 61.6 cm³/mol. The number of anilines is 2. The molecule has 0 bridgehead atoms. The topological polar surface area (TPSA) is 72.9 Å². The Balaban J connectivity index is 2.02. The lowest BCUT2D eigenvalue weighted by Gasteiger charge is -2.05. The summed E-state index contributed by atoms with van der Waals surface area (Å²) in [5.74, 6) is -1.97. The van der Waals surface area contributed by atoms with Crippen LogP contribution in [-0.4, -0.2) is 15.7 Å². The number of nitrogens with two attached hydrogens (primary N) is 1. The first-order valence-corrected chi connectivity index (χ1v) is 5.07. The van der Waals surface area contributed by atoms with Gasteiger partial charge in [0.15, 0.2) is 0 Å². The first-order valence-electron chi connectivity index (χ1n) is 5.07. The molecule has 1 heterocycles. The van der Waals surface area contributed by atoms with Crippen LogP contribution in [0.2, 0.25) is 0 Å². The third kappa shape index (κ3) is 3.03. The molecule has 0 saturated carbocycles. The molecule has 1 amide bonds. The molecule has 0 unspecified atom stereocenters. The van der Waals surface area contributed by atoms with Crippen LogP contribution >= 0.6 is 0 Å². The van der Waals surface area contributed by atoms with Crippen LogP contribution in [0.1, 0.15) is 0 Å². The maximum atomic E-state index is 12.9. The van der Waals surface area contributed by atoms with Crippen molar-refractivity contribution in [3.05, 3.63) is 42.2 Å². The number of hydrogen-bond donors (Lipinski definition) is 2. The molecule has 7 heteroatoms. The highest BCUT2D eigenvalue weighted by atomic mass is 19.1. The van der Waals surface area contributed by atoms with E-state index in [-0.39, 0.29) is 12.2 Å². The largest absolute Gasteiger partial charge is 0.396 e. The minimum atomic E-state index is -0.756. The molecule has 0 radical (unpaired) electrons. The Morgan fingerprint density at radius 1 is 1.33 bits per heavy atom. The number of nitrogen functional groups attached to an aromatic ring is 1. The van der Waals surface area contributed by atoms with Crippen molar-refractivity contribution in [2.45, 2.75) is 6.54 Å². The summed E-state index contributed by atoms with van der Waals surface area (Å²) >= 11 is 0. The summed E-state index contributed by atoms with van der Waals surface area (Å²) in [6, 6.07) is 2.78. The Morgan fingerprint density at radius 3 is 2.56 bits per heavy atom. The highest BCUT2D eigenvalue weighted by molar-refractivity contribution is 5.90. The number of carbonyl (C=O) groups is 1. The zero-order chi connectivity index (χ0) is 13.1. The van der Waals surface area contributed by atoms with E-state index in [1.54, 1.807) is 0 Å². The molecule has 0 aliphatic carbocycles. The lowest BCUT2D eigenvalue weighted by molar-refractivity contribution is -0.116. The predicted octanol–water partition coefficient (Wildman–Crippen LogP) is 1.38. The SMILES string of the molecule is Nc1cnn(CC(=O)Nc2cc(F)cc(F)c2)c1. The molecule has 0 atom stereocenters. The number of carbonyl (C=O) groups excluding carboxylic acids is 1. The van der Waals surface area contributed by atoms with Crippen LogP contribution in [-0.2, 0) is 11.3 Å². The summed E-state index contributed by atoms with van der Waals surface area (Å²) in [6.07, 6.45) is 2.88. The number of halogens is 2. The standard InChI is InChI=1S/C11H10F2N4O/c12-7-1-8(13)3-10(2-7)16-11(18)6-17-5-9(14)4-15-17/h1-5H,6,14H2,(H,16,18). The molecular formula is C11H10F2N4O. The highest BCUT2D eigenvalue weighted by Crippen LogP contribution is 2.12. The van der Waals surface area contributed by atoms with Crippen molar-refractivity contribution in [3.8, 4) is 0 Å². The van der Waals surface area contributed by atoms with Gasteiger partial charge >= 0.3 is 0 Å². The lowest BCUT2D eigenvalue weighted by atomic mass is 10.3. The van der Waals surface area contributed by atoms with Crippen LogP contribution in [0.3, 0.4) is 0 Å². The molecule has 0 fully saturated rings. The van der Waals surface area contributed by atoms with Gasteiger partial charge in [-0.3, -0.25) is 9.48 Å². The van der Waals surface area contributed by atoms with Crippen LogP contribution in [0, 0.1) is 11.6 Å². The summed E-state index contributed by atoms with van der Waals surface area (Å²) in [6.45, 7) is -0.0880. The van der Waals surface area contributed by atoms with Gasteiger partial charge in [-0.1, -0.05) is 0 Å². The van der Waals surface area contributed by atoms with Crippen LogP contribution in [0.4, 0.5) is 20.2 Å². The Hall–Kier alpha value is -2.44. The van der Waals surface area contributed by atoms with Crippen molar-refractivity contribution < 1.29 is 13.6 Å². The van der Waals surface area contributed by atoms with Gasteiger partial charge in [-0.05, 0) is 12.1 Å². The van der Waals surface area contributed by atoms with Gasteiger partial charge in [0, 0.05) is 18.0 Å². The van der Waals surface area contributed by atoms with Gasteiger partial charge in [-0.15, -0.1) is 0 Å². The summed E-state index contributed by atoms with van der Waals surface area (Å²) in [7, 11) is 0.